The number of halogens is 2. The van der Waals surface area contributed by atoms with Gasteiger partial charge in [-0.15, -0.1) is 0 Å². The van der Waals surface area contributed by atoms with Crippen LogP contribution in [-0.4, -0.2) is 9.55 Å². The van der Waals surface area contributed by atoms with Crippen molar-refractivity contribution in [2.75, 3.05) is 5.73 Å². The van der Waals surface area contributed by atoms with Crippen molar-refractivity contribution in [1.82, 2.24) is 9.55 Å². The Balaban J connectivity index is 1.89. The molecule has 0 bridgehead atoms. The molecule has 168 valence electrons. The van der Waals surface area contributed by atoms with Crippen molar-refractivity contribution >= 4 is 39.4 Å². The van der Waals surface area contributed by atoms with Gasteiger partial charge in [0.1, 0.15) is 11.6 Å². The monoisotopic (exact) mass is 557 g/mol. The number of fused-ring (bicyclic) bond motifs is 1. The zero-order valence-corrected chi connectivity index (χ0v) is 20.3. The molecule has 2 N–H and O–H groups in total. The summed E-state index contributed by atoms with van der Waals surface area (Å²) in [7, 11) is 0. The molecule has 1 fully saturated rings. The van der Waals surface area contributed by atoms with Crippen molar-refractivity contribution in [3.05, 3.63) is 89.1 Å². The van der Waals surface area contributed by atoms with Crippen LogP contribution in [0.5, 0.6) is 0 Å². The van der Waals surface area contributed by atoms with Gasteiger partial charge < -0.3 is 14.7 Å². The molecule has 33 heavy (non-hydrogen) atoms. The summed E-state index contributed by atoms with van der Waals surface area (Å²) in [5, 5.41) is 0.313. The lowest BCUT2D eigenvalue weighted by molar-refractivity contribution is 0.549. The fourth-order valence-corrected chi connectivity index (χ4v) is 4.87. The summed E-state index contributed by atoms with van der Waals surface area (Å²) in [6.07, 6.45) is 3.50. The summed E-state index contributed by atoms with van der Waals surface area (Å²) in [4.78, 5) is 30.7. The van der Waals surface area contributed by atoms with E-state index in [-0.39, 0.29) is 29.4 Å². The van der Waals surface area contributed by atoms with E-state index in [1.165, 1.54) is 6.07 Å². The van der Waals surface area contributed by atoms with Gasteiger partial charge in [0.05, 0.1) is 5.39 Å². The molecule has 0 aliphatic heterocycles. The second-order valence-corrected chi connectivity index (χ2v) is 9.69. The first kappa shape index (κ1) is 21.8. The second-order valence-electron chi connectivity index (χ2n) is 8.45. The van der Waals surface area contributed by atoms with Gasteiger partial charge in [-0.05, 0) is 90.2 Å². The van der Waals surface area contributed by atoms with E-state index in [4.69, 9.17) is 10.2 Å². The maximum Gasteiger partial charge on any atom is 0.339 e. The summed E-state index contributed by atoms with van der Waals surface area (Å²) in [5.41, 5.74) is 8.63. The molecule has 8 heteroatoms. The average molecular weight is 557 g/mol. The molecule has 1 aliphatic rings. The van der Waals surface area contributed by atoms with Crippen LogP contribution in [0.4, 0.5) is 10.2 Å². The van der Waals surface area contributed by atoms with Crippen molar-refractivity contribution < 1.29 is 8.81 Å². The van der Waals surface area contributed by atoms with E-state index in [0.717, 1.165) is 16.4 Å². The van der Waals surface area contributed by atoms with E-state index in [1.807, 2.05) is 29.5 Å². The number of anilines is 1. The number of aromatic nitrogens is 2. The highest BCUT2D eigenvalue weighted by molar-refractivity contribution is 14.1. The molecule has 0 amide bonds. The quantitative estimate of drug-likeness (QED) is 0.361. The predicted molar refractivity (Wildman–Crippen MR) is 134 cm³/mol. The number of benzene rings is 1. The van der Waals surface area contributed by atoms with Crippen LogP contribution in [0.3, 0.4) is 0 Å². The Morgan fingerprint density at radius 3 is 2.64 bits per heavy atom. The Morgan fingerprint density at radius 2 is 1.97 bits per heavy atom. The normalized spacial score (nSPS) is 13.6. The summed E-state index contributed by atoms with van der Waals surface area (Å²) in [6.45, 7) is 3.47. The van der Waals surface area contributed by atoms with Gasteiger partial charge in [0.2, 0.25) is 0 Å². The summed E-state index contributed by atoms with van der Waals surface area (Å²) in [6, 6.07) is 8.50. The maximum absolute atomic E-state index is 14.7. The molecule has 0 unspecified atom stereocenters. The maximum atomic E-state index is 14.7. The minimum Gasteiger partial charge on any atom is -0.422 e. The molecule has 1 saturated carbocycles. The molecule has 6 nitrogen and oxygen atoms in total. The molecular formula is C25H21FIN3O3. The molecule has 1 aromatic carbocycles. The van der Waals surface area contributed by atoms with Crippen LogP contribution in [0.25, 0.3) is 22.1 Å². The summed E-state index contributed by atoms with van der Waals surface area (Å²) in [5.74, 6) is -0.0562. The Morgan fingerprint density at radius 1 is 1.21 bits per heavy atom. The lowest BCUT2D eigenvalue weighted by atomic mass is 9.94. The van der Waals surface area contributed by atoms with Crippen LogP contribution < -0.4 is 16.9 Å². The van der Waals surface area contributed by atoms with Gasteiger partial charge in [-0.3, -0.25) is 4.79 Å². The third-order valence-corrected chi connectivity index (χ3v) is 6.90. The van der Waals surface area contributed by atoms with Crippen LogP contribution in [0.15, 0.2) is 50.5 Å². The first-order valence-corrected chi connectivity index (χ1v) is 11.7. The highest BCUT2D eigenvalue weighted by atomic mass is 127. The summed E-state index contributed by atoms with van der Waals surface area (Å²) < 4.78 is 23.0. The molecule has 0 radical (unpaired) electrons. The van der Waals surface area contributed by atoms with Crippen LogP contribution in [-0.2, 0) is 6.42 Å². The molecule has 3 aromatic heterocycles. The fourth-order valence-electron chi connectivity index (χ4n) is 4.42. The SMILES string of the molecule is Cc1c(Cc2ccc(I)cc2F)c2c(=O)n(C3CC3)c(C)c(-c3ccnc(N)c3)c2oc1=O. The van der Waals surface area contributed by atoms with Gasteiger partial charge in [0.25, 0.3) is 5.56 Å². The minimum atomic E-state index is -0.547. The molecule has 5 rings (SSSR count). The largest absolute Gasteiger partial charge is 0.422 e. The molecule has 0 saturated heterocycles. The Labute approximate surface area is 202 Å². The number of pyridine rings is 2. The van der Waals surface area contributed by atoms with E-state index < -0.39 is 5.63 Å². The van der Waals surface area contributed by atoms with Gasteiger partial charge in [0.15, 0.2) is 5.58 Å². The van der Waals surface area contributed by atoms with Crippen LogP contribution in [0.1, 0.15) is 41.3 Å². The van der Waals surface area contributed by atoms with Crippen molar-refractivity contribution in [1.29, 1.82) is 0 Å². The topological polar surface area (TPSA) is 91.1 Å². The first-order valence-electron chi connectivity index (χ1n) is 10.6. The molecule has 3 heterocycles. The lowest BCUT2D eigenvalue weighted by Gasteiger charge is -2.19. The van der Waals surface area contributed by atoms with Crippen LogP contribution in [0, 0.1) is 23.2 Å². The fraction of sp³-hybridized carbons (Fsp3) is 0.240. The predicted octanol–water partition coefficient (Wildman–Crippen LogP) is 4.89. The van der Waals surface area contributed by atoms with E-state index in [0.29, 0.717) is 44.7 Å². The van der Waals surface area contributed by atoms with Gasteiger partial charge in [-0.25, -0.2) is 14.2 Å². The number of nitrogen functional groups attached to an aromatic ring is 1. The molecule has 1 aliphatic carbocycles. The van der Waals surface area contributed by atoms with E-state index in [9.17, 15) is 14.0 Å². The zero-order chi connectivity index (χ0) is 23.4. The smallest absolute Gasteiger partial charge is 0.339 e. The lowest BCUT2D eigenvalue weighted by Crippen LogP contribution is -2.25. The Bertz CT molecular complexity index is 1550. The third kappa shape index (κ3) is 3.76. The van der Waals surface area contributed by atoms with Crippen molar-refractivity contribution in [3.8, 4) is 11.1 Å². The number of nitrogens with two attached hydrogens (primary N) is 1. The second kappa shape index (κ2) is 8.09. The number of nitrogens with zero attached hydrogens (tertiary/aromatic N) is 2. The van der Waals surface area contributed by atoms with Gasteiger partial charge in [-0.1, -0.05) is 6.07 Å². The van der Waals surface area contributed by atoms with Crippen molar-refractivity contribution in [2.24, 2.45) is 0 Å². The average Bonchev–Trinajstić information content (AvgIpc) is 3.58. The van der Waals surface area contributed by atoms with Crippen molar-refractivity contribution in [2.45, 2.75) is 39.2 Å². The molecule has 4 aromatic rings. The van der Waals surface area contributed by atoms with Crippen LogP contribution >= 0.6 is 22.6 Å². The molecule has 0 spiro atoms. The number of hydrogen-bond acceptors (Lipinski definition) is 5. The van der Waals surface area contributed by atoms with E-state index >= 15 is 0 Å². The number of rotatable bonds is 4. The molecule has 0 atom stereocenters. The third-order valence-electron chi connectivity index (χ3n) is 6.23. The van der Waals surface area contributed by atoms with Gasteiger partial charge in [-0.2, -0.15) is 0 Å². The highest BCUT2D eigenvalue weighted by Gasteiger charge is 2.31. The van der Waals surface area contributed by atoms with Crippen molar-refractivity contribution in [3.63, 3.8) is 0 Å². The zero-order valence-electron chi connectivity index (χ0n) is 18.1. The van der Waals surface area contributed by atoms with Gasteiger partial charge >= 0.3 is 5.63 Å². The van der Waals surface area contributed by atoms with E-state index in [2.05, 4.69) is 4.98 Å². The molecular weight excluding hydrogens is 536 g/mol. The first-order chi connectivity index (χ1) is 15.8. The highest BCUT2D eigenvalue weighted by Crippen LogP contribution is 2.39. The Kier molecular flexibility index (Phi) is 5.35. The van der Waals surface area contributed by atoms with Crippen LogP contribution in [0.2, 0.25) is 0 Å². The minimum absolute atomic E-state index is 0.0926. The Hall–Kier alpha value is -3.01. The van der Waals surface area contributed by atoms with E-state index in [1.54, 1.807) is 42.0 Å². The standard InChI is InChI=1S/C25H21FIN3O3/c1-12-18(9-14-3-4-16(27)11-19(14)26)22-23(33-25(12)32)21(15-7-8-29-20(28)10-15)13(2)30(24(22)31)17-5-6-17/h3-4,7-8,10-11,17H,5-6,9H2,1-2H3,(H2,28,29). The summed E-state index contributed by atoms with van der Waals surface area (Å²) >= 11 is 2.05. The van der Waals surface area contributed by atoms with Gasteiger partial charge in [0, 0.05) is 39.1 Å². The number of hydrogen-bond donors (Lipinski definition) is 1.